The Morgan fingerprint density at radius 1 is 1.56 bits per heavy atom. The highest BCUT2D eigenvalue weighted by atomic mass is 16.5. The van der Waals surface area contributed by atoms with E-state index in [9.17, 15) is 9.59 Å². The van der Waals surface area contributed by atoms with Crippen molar-refractivity contribution < 1.29 is 19.4 Å². The third-order valence-electron chi connectivity index (χ3n) is 3.01. The van der Waals surface area contributed by atoms with E-state index < -0.39 is 11.5 Å². The van der Waals surface area contributed by atoms with E-state index in [0.717, 1.165) is 12.8 Å². The third-order valence-corrected chi connectivity index (χ3v) is 3.01. The number of nitrogens with one attached hydrogen (secondary N) is 1. The van der Waals surface area contributed by atoms with Gasteiger partial charge >= 0.3 is 5.97 Å². The minimum atomic E-state index is -0.949. The summed E-state index contributed by atoms with van der Waals surface area (Å²) < 4.78 is 4.99. The molecular formula is C13H21NO4. The van der Waals surface area contributed by atoms with Gasteiger partial charge in [0.05, 0.1) is 18.6 Å². The molecule has 102 valence electrons. The molecule has 0 saturated carbocycles. The van der Waals surface area contributed by atoms with Gasteiger partial charge in [0.1, 0.15) is 0 Å². The van der Waals surface area contributed by atoms with Crippen LogP contribution < -0.4 is 5.32 Å². The zero-order valence-corrected chi connectivity index (χ0v) is 10.9. The summed E-state index contributed by atoms with van der Waals surface area (Å²) in [4.78, 5) is 22.7. The van der Waals surface area contributed by atoms with Crippen molar-refractivity contribution >= 4 is 11.9 Å². The van der Waals surface area contributed by atoms with Gasteiger partial charge in [0.25, 0.3) is 0 Å². The molecule has 1 aliphatic carbocycles. The average molecular weight is 255 g/mol. The molecule has 0 aromatic carbocycles. The van der Waals surface area contributed by atoms with Gasteiger partial charge in [-0.15, -0.1) is 0 Å². The predicted molar refractivity (Wildman–Crippen MR) is 67.2 cm³/mol. The summed E-state index contributed by atoms with van der Waals surface area (Å²) >= 11 is 0. The fraction of sp³-hybridized carbons (Fsp3) is 0.692. The molecule has 0 aromatic rings. The highest BCUT2D eigenvalue weighted by Gasteiger charge is 2.30. The topological polar surface area (TPSA) is 75.6 Å². The van der Waals surface area contributed by atoms with Crippen LogP contribution in [0.4, 0.5) is 0 Å². The summed E-state index contributed by atoms with van der Waals surface area (Å²) in [6, 6.07) is 0. The maximum Gasteiger partial charge on any atom is 0.305 e. The van der Waals surface area contributed by atoms with Crippen LogP contribution in [0.15, 0.2) is 12.2 Å². The Morgan fingerprint density at radius 2 is 2.28 bits per heavy atom. The number of hydrogen-bond acceptors (Lipinski definition) is 3. The van der Waals surface area contributed by atoms with E-state index in [1.165, 1.54) is 7.11 Å². The number of carboxylic acid groups (broad SMARTS) is 1. The first-order chi connectivity index (χ1) is 8.45. The second-order valence-electron chi connectivity index (χ2n) is 5.08. The number of carboxylic acids is 1. The van der Waals surface area contributed by atoms with Crippen LogP contribution in [0, 0.1) is 5.92 Å². The van der Waals surface area contributed by atoms with Crippen molar-refractivity contribution in [1.29, 1.82) is 0 Å². The van der Waals surface area contributed by atoms with Crippen molar-refractivity contribution in [2.24, 2.45) is 5.92 Å². The Hall–Kier alpha value is -1.36. The molecule has 0 spiro atoms. The first-order valence-electron chi connectivity index (χ1n) is 6.13. The van der Waals surface area contributed by atoms with Crippen molar-refractivity contribution in [3.8, 4) is 0 Å². The Bertz CT molecular complexity index is 340. The molecule has 2 unspecified atom stereocenters. The summed E-state index contributed by atoms with van der Waals surface area (Å²) in [5, 5.41) is 11.6. The molecule has 0 aliphatic heterocycles. The lowest BCUT2D eigenvalue weighted by Gasteiger charge is -2.28. The maximum absolute atomic E-state index is 11.9. The zero-order chi connectivity index (χ0) is 13.6. The summed E-state index contributed by atoms with van der Waals surface area (Å²) in [5.74, 6) is -0.787. The predicted octanol–water partition coefficient (Wildman–Crippen LogP) is 1.34. The van der Waals surface area contributed by atoms with Crippen molar-refractivity contribution in [2.75, 3.05) is 13.7 Å². The molecule has 0 heterocycles. The lowest BCUT2D eigenvalue weighted by Crippen LogP contribution is -2.51. The average Bonchev–Trinajstić information content (AvgIpc) is 2.67. The third kappa shape index (κ3) is 4.87. The van der Waals surface area contributed by atoms with Crippen molar-refractivity contribution in [3.63, 3.8) is 0 Å². The molecule has 1 aliphatic rings. The van der Waals surface area contributed by atoms with E-state index in [1.807, 2.05) is 6.08 Å². The number of hydrogen-bond donors (Lipinski definition) is 2. The molecule has 18 heavy (non-hydrogen) atoms. The Morgan fingerprint density at radius 3 is 2.78 bits per heavy atom. The molecule has 0 saturated heterocycles. The Labute approximate surface area is 107 Å². The fourth-order valence-corrected chi connectivity index (χ4v) is 2.27. The van der Waals surface area contributed by atoms with E-state index >= 15 is 0 Å². The van der Waals surface area contributed by atoms with Crippen LogP contribution in [0.25, 0.3) is 0 Å². The van der Waals surface area contributed by atoms with Crippen molar-refractivity contribution in [3.05, 3.63) is 12.2 Å². The molecule has 1 amide bonds. The minimum absolute atomic E-state index is 0.118. The van der Waals surface area contributed by atoms with Crippen LogP contribution in [0.5, 0.6) is 0 Å². The number of methoxy groups -OCH3 is 1. The van der Waals surface area contributed by atoms with Gasteiger partial charge in [-0.25, -0.2) is 0 Å². The molecule has 2 atom stereocenters. The summed E-state index contributed by atoms with van der Waals surface area (Å²) in [7, 11) is 1.49. The normalized spacial score (nSPS) is 21.6. The van der Waals surface area contributed by atoms with E-state index in [0.29, 0.717) is 6.42 Å². The van der Waals surface area contributed by atoms with Gasteiger partial charge in [0.15, 0.2) is 0 Å². The first kappa shape index (κ1) is 14.7. The number of allylic oxidation sites excluding steroid dienone is 2. The van der Waals surface area contributed by atoms with E-state index in [2.05, 4.69) is 11.4 Å². The van der Waals surface area contributed by atoms with Gasteiger partial charge in [-0.05, 0) is 25.7 Å². The molecule has 0 bridgehead atoms. The second-order valence-corrected chi connectivity index (χ2v) is 5.08. The molecule has 0 radical (unpaired) electrons. The standard InChI is InChI=1S/C13H21NO4/c1-13(9-18-2,8-12(16)17)14-11(15)7-10-5-3-4-6-10/h3,5,10H,4,6-9H2,1-2H3,(H,14,15)(H,16,17). The largest absolute Gasteiger partial charge is 0.481 e. The van der Waals surface area contributed by atoms with Crippen LogP contribution in [0.2, 0.25) is 0 Å². The molecular weight excluding hydrogens is 234 g/mol. The molecule has 1 rings (SSSR count). The quantitative estimate of drug-likeness (QED) is 0.673. The van der Waals surface area contributed by atoms with Crippen LogP contribution in [-0.4, -0.2) is 36.2 Å². The second kappa shape index (κ2) is 6.54. The van der Waals surface area contributed by atoms with Crippen LogP contribution in [0.3, 0.4) is 0 Å². The molecule has 0 fully saturated rings. The van der Waals surface area contributed by atoms with Gasteiger partial charge in [-0.1, -0.05) is 12.2 Å². The Balaban J connectivity index is 2.50. The highest BCUT2D eigenvalue weighted by Crippen LogP contribution is 2.21. The van der Waals surface area contributed by atoms with Crippen LogP contribution >= 0.6 is 0 Å². The fourth-order valence-electron chi connectivity index (χ4n) is 2.27. The summed E-state index contributed by atoms with van der Waals surface area (Å²) in [5.41, 5.74) is -0.847. The molecule has 5 heteroatoms. The first-order valence-corrected chi connectivity index (χ1v) is 6.13. The van der Waals surface area contributed by atoms with E-state index in [4.69, 9.17) is 9.84 Å². The number of carbonyl (C=O) groups excluding carboxylic acids is 1. The van der Waals surface area contributed by atoms with Crippen molar-refractivity contribution in [2.45, 2.75) is 38.1 Å². The van der Waals surface area contributed by atoms with Crippen molar-refractivity contribution in [1.82, 2.24) is 5.32 Å². The lowest BCUT2D eigenvalue weighted by atomic mass is 9.97. The smallest absolute Gasteiger partial charge is 0.305 e. The summed E-state index contributed by atoms with van der Waals surface area (Å²) in [6.45, 7) is 1.87. The number of rotatable bonds is 7. The minimum Gasteiger partial charge on any atom is -0.481 e. The van der Waals surface area contributed by atoms with Gasteiger partial charge in [-0.2, -0.15) is 0 Å². The maximum atomic E-state index is 11.9. The monoisotopic (exact) mass is 255 g/mol. The zero-order valence-electron chi connectivity index (χ0n) is 10.9. The van der Waals surface area contributed by atoms with Gasteiger partial charge in [0.2, 0.25) is 5.91 Å². The lowest BCUT2D eigenvalue weighted by molar-refractivity contribution is -0.139. The van der Waals surface area contributed by atoms with Gasteiger partial charge in [-0.3, -0.25) is 9.59 Å². The van der Waals surface area contributed by atoms with Gasteiger partial charge < -0.3 is 15.2 Å². The van der Waals surface area contributed by atoms with Gasteiger partial charge in [0, 0.05) is 13.5 Å². The number of carbonyl (C=O) groups is 2. The highest BCUT2D eigenvalue weighted by molar-refractivity contribution is 5.78. The molecule has 2 N–H and O–H groups in total. The molecule has 0 aromatic heterocycles. The summed E-state index contributed by atoms with van der Waals surface area (Å²) in [6.07, 6.45) is 6.40. The van der Waals surface area contributed by atoms with Crippen LogP contribution in [0.1, 0.15) is 32.6 Å². The van der Waals surface area contributed by atoms with E-state index in [1.54, 1.807) is 6.92 Å². The van der Waals surface area contributed by atoms with Crippen LogP contribution in [-0.2, 0) is 14.3 Å². The molecule has 5 nitrogen and oxygen atoms in total. The number of amides is 1. The Kier molecular flexibility index (Phi) is 5.34. The SMILES string of the molecule is COCC(C)(CC(=O)O)NC(=O)CC1C=CCC1. The van der Waals surface area contributed by atoms with E-state index in [-0.39, 0.29) is 24.9 Å². The number of ether oxygens (including phenoxy) is 1. The number of aliphatic carboxylic acids is 1.